The van der Waals surface area contributed by atoms with E-state index in [1.54, 1.807) is 33.7 Å². The lowest BCUT2D eigenvalue weighted by Gasteiger charge is -2.32. The zero-order valence-electron chi connectivity index (χ0n) is 19.2. The number of benzene rings is 2. The SMILES string of the molecule is C=CC(=O)N1CCCC(c2cn(-c3ccc(Oc4c(F)cccc4F)cc3)c3c(N)n[nH]c(=O)c23)C1. The average Bonchev–Trinajstić information content (AvgIpc) is 3.31. The van der Waals surface area contributed by atoms with Gasteiger partial charge in [-0.2, -0.15) is 5.10 Å². The highest BCUT2D eigenvalue weighted by molar-refractivity contribution is 5.92. The molecule has 1 unspecified atom stereocenters. The molecule has 4 aromatic rings. The van der Waals surface area contributed by atoms with Gasteiger partial charge < -0.3 is 19.9 Å². The first-order chi connectivity index (χ1) is 17.4. The van der Waals surface area contributed by atoms with Gasteiger partial charge in [0.2, 0.25) is 5.91 Å². The van der Waals surface area contributed by atoms with Crippen LogP contribution in [0.4, 0.5) is 14.6 Å². The Hall–Kier alpha value is -4.47. The van der Waals surface area contributed by atoms with Gasteiger partial charge in [0, 0.05) is 30.9 Å². The molecule has 36 heavy (non-hydrogen) atoms. The Kier molecular flexibility index (Phi) is 6.01. The lowest BCUT2D eigenvalue weighted by molar-refractivity contribution is -0.127. The summed E-state index contributed by atoms with van der Waals surface area (Å²) >= 11 is 0. The van der Waals surface area contributed by atoms with Crippen molar-refractivity contribution >= 4 is 22.6 Å². The van der Waals surface area contributed by atoms with Gasteiger partial charge in [-0.15, -0.1) is 0 Å². The molecule has 3 N–H and O–H groups in total. The summed E-state index contributed by atoms with van der Waals surface area (Å²) in [5.74, 6) is -1.98. The predicted octanol–water partition coefficient (Wildman–Crippen LogP) is 4.26. The molecular weight excluding hydrogens is 468 g/mol. The van der Waals surface area contributed by atoms with E-state index < -0.39 is 17.4 Å². The molecule has 1 amide bonds. The van der Waals surface area contributed by atoms with Gasteiger partial charge in [0.1, 0.15) is 11.3 Å². The molecule has 2 aromatic carbocycles. The number of nitrogens with two attached hydrogens (primary N) is 1. The minimum atomic E-state index is -0.811. The number of nitrogens with one attached hydrogen (secondary N) is 1. The highest BCUT2D eigenvalue weighted by atomic mass is 19.1. The van der Waals surface area contributed by atoms with Gasteiger partial charge in [-0.05, 0) is 60.9 Å². The number of hydrogen-bond acceptors (Lipinski definition) is 5. The molecule has 184 valence electrons. The summed E-state index contributed by atoms with van der Waals surface area (Å²) in [7, 11) is 0. The van der Waals surface area contributed by atoms with Crippen molar-refractivity contribution in [1.29, 1.82) is 0 Å². The number of fused-ring (bicyclic) bond motifs is 1. The third-order valence-corrected chi connectivity index (χ3v) is 6.38. The number of piperidine rings is 1. The van der Waals surface area contributed by atoms with Crippen LogP contribution < -0.4 is 16.0 Å². The summed E-state index contributed by atoms with van der Waals surface area (Å²) < 4.78 is 35.1. The number of para-hydroxylation sites is 1. The number of likely N-dealkylation sites (tertiary alicyclic amines) is 1. The number of H-pyrrole nitrogens is 1. The first kappa shape index (κ1) is 23.3. The number of nitrogens with zero attached hydrogens (tertiary/aromatic N) is 3. The van der Waals surface area contributed by atoms with Gasteiger partial charge in [-0.3, -0.25) is 9.59 Å². The maximum atomic E-state index is 14.0. The Balaban J connectivity index is 1.54. The summed E-state index contributed by atoms with van der Waals surface area (Å²) in [6.45, 7) is 4.65. The molecule has 1 aliphatic rings. The second kappa shape index (κ2) is 9.29. The fourth-order valence-corrected chi connectivity index (χ4v) is 4.68. The van der Waals surface area contributed by atoms with Crippen molar-refractivity contribution in [2.24, 2.45) is 0 Å². The number of aromatic nitrogens is 3. The first-order valence-electron chi connectivity index (χ1n) is 11.4. The average molecular weight is 491 g/mol. The summed E-state index contributed by atoms with van der Waals surface area (Å²) in [4.78, 5) is 26.8. The molecule has 0 aliphatic carbocycles. The third kappa shape index (κ3) is 4.10. The number of hydrogen-bond donors (Lipinski definition) is 2. The van der Waals surface area contributed by atoms with E-state index in [1.807, 2.05) is 6.20 Å². The highest BCUT2D eigenvalue weighted by Gasteiger charge is 2.28. The Morgan fingerprint density at radius 2 is 1.92 bits per heavy atom. The van der Waals surface area contributed by atoms with Crippen LogP contribution in [0.3, 0.4) is 0 Å². The van der Waals surface area contributed by atoms with Crippen LogP contribution in [-0.4, -0.2) is 38.7 Å². The molecule has 1 saturated heterocycles. The van der Waals surface area contributed by atoms with Gasteiger partial charge in [0.05, 0.1) is 5.39 Å². The molecule has 1 aliphatic heterocycles. The van der Waals surface area contributed by atoms with E-state index in [1.165, 1.54) is 12.1 Å². The second-order valence-corrected chi connectivity index (χ2v) is 8.59. The van der Waals surface area contributed by atoms with E-state index in [9.17, 15) is 18.4 Å². The molecule has 5 rings (SSSR count). The van der Waals surface area contributed by atoms with Crippen LogP contribution in [0.25, 0.3) is 16.6 Å². The van der Waals surface area contributed by atoms with E-state index in [-0.39, 0.29) is 29.0 Å². The van der Waals surface area contributed by atoms with Crippen LogP contribution in [0, 0.1) is 11.6 Å². The van der Waals surface area contributed by atoms with E-state index in [0.717, 1.165) is 30.5 Å². The van der Waals surface area contributed by atoms with Crippen molar-refractivity contribution in [2.75, 3.05) is 18.8 Å². The van der Waals surface area contributed by atoms with Gasteiger partial charge in [0.25, 0.3) is 5.56 Å². The maximum absolute atomic E-state index is 14.0. The van der Waals surface area contributed by atoms with Crippen molar-refractivity contribution in [1.82, 2.24) is 19.7 Å². The molecule has 0 spiro atoms. The fraction of sp³-hybridized carbons (Fsp3) is 0.192. The van der Waals surface area contributed by atoms with E-state index in [0.29, 0.717) is 29.7 Å². The molecule has 1 atom stereocenters. The Bertz CT molecular complexity index is 1510. The second-order valence-electron chi connectivity index (χ2n) is 8.59. The number of nitrogen functional groups attached to an aromatic ring is 1. The standard InChI is InChI=1S/C26H23F2N5O3/c1-2-21(34)32-12-4-5-15(13-32)18-14-33(23-22(18)26(35)31-30-25(23)29)16-8-10-17(11-9-16)36-24-19(27)6-3-7-20(24)28/h2-3,6-11,14-15H,1,4-5,12-13H2,(H2,29,30)(H,31,35). The molecular formula is C26H23F2N5O3. The highest BCUT2D eigenvalue weighted by Crippen LogP contribution is 2.35. The number of amides is 1. The zero-order valence-corrected chi connectivity index (χ0v) is 19.2. The summed E-state index contributed by atoms with van der Waals surface area (Å²) in [5.41, 5.74) is 7.64. The van der Waals surface area contributed by atoms with Gasteiger partial charge in [-0.1, -0.05) is 12.6 Å². The van der Waals surface area contributed by atoms with Crippen LogP contribution in [0.2, 0.25) is 0 Å². The maximum Gasteiger partial charge on any atom is 0.274 e. The summed E-state index contributed by atoms with van der Waals surface area (Å²) in [6, 6.07) is 9.99. The van der Waals surface area contributed by atoms with Crippen LogP contribution in [-0.2, 0) is 4.79 Å². The van der Waals surface area contributed by atoms with E-state index in [4.69, 9.17) is 10.5 Å². The smallest absolute Gasteiger partial charge is 0.274 e. The van der Waals surface area contributed by atoms with Crippen molar-refractivity contribution < 1.29 is 18.3 Å². The van der Waals surface area contributed by atoms with E-state index in [2.05, 4.69) is 16.8 Å². The number of carbonyl (C=O) groups is 1. The molecule has 8 nitrogen and oxygen atoms in total. The first-order valence-corrected chi connectivity index (χ1v) is 11.4. The summed E-state index contributed by atoms with van der Waals surface area (Å²) in [6.07, 6.45) is 4.70. The Morgan fingerprint density at radius 1 is 1.19 bits per heavy atom. The van der Waals surface area contributed by atoms with Crippen molar-refractivity contribution in [3.05, 3.63) is 88.9 Å². The Labute approximate surface area is 204 Å². The van der Waals surface area contributed by atoms with Gasteiger partial charge in [-0.25, -0.2) is 13.9 Å². The van der Waals surface area contributed by atoms with Gasteiger partial charge in [0.15, 0.2) is 23.2 Å². The van der Waals surface area contributed by atoms with Crippen LogP contribution in [0.15, 0.2) is 66.1 Å². The number of rotatable bonds is 5. The largest absolute Gasteiger partial charge is 0.451 e. The molecule has 2 aromatic heterocycles. The minimum Gasteiger partial charge on any atom is -0.451 e. The van der Waals surface area contributed by atoms with Crippen molar-refractivity contribution in [3.8, 4) is 17.2 Å². The molecule has 0 bridgehead atoms. The zero-order chi connectivity index (χ0) is 25.4. The Morgan fingerprint density at radius 3 is 2.61 bits per heavy atom. The van der Waals surface area contributed by atoms with Crippen LogP contribution >= 0.6 is 0 Å². The lowest BCUT2D eigenvalue weighted by Crippen LogP contribution is -2.38. The fourth-order valence-electron chi connectivity index (χ4n) is 4.68. The number of anilines is 1. The normalized spacial score (nSPS) is 15.7. The molecule has 3 heterocycles. The molecule has 0 saturated carbocycles. The van der Waals surface area contributed by atoms with Crippen molar-refractivity contribution in [2.45, 2.75) is 18.8 Å². The van der Waals surface area contributed by atoms with Crippen LogP contribution in [0.1, 0.15) is 24.3 Å². The lowest BCUT2D eigenvalue weighted by atomic mass is 9.90. The quantitative estimate of drug-likeness (QED) is 0.406. The monoisotopic (exact) mass is 491 g/mol. The number of halogens is 2. The predicted molar refractivity (Wildman–Crippen MR) is 131 cm³/mol. The number of aromatic amines is 1. The van der Waals surface area contributed by atoms with Gasteiger partial charge >= 0.3 is 0 Å². The number of carbonyl (C=O) groups excluding carboxylic acids is 1. The topological polar surface area (TPSA) is 106 Å². The van der Waals surface area contributed by atoms with Crippen LogP contribution in [0.5, 0.6) is 11.5 Å². The third-order valence-electron chi connectivity index (χ3n) is 6.38. The number of ether oxygens (including phenoxy) is 1. The van der Waals surface area contributed by atoms with Crippen molar-refractivity contribution in [3.63, 3.8) is 0 Å². The minimum absolute atomic E-state index is 0.0825. The summed E-state index contributed by atoms with van der Waals surface area (Å²) in [5, 5.41) is 6.79. The molecule has 1 fully saturated rings. The molecule has 0 radical (unpaired) electrons. The van der Waals surface area contributed by atoms with E-state index >= 15 is 0 Å². The molecule has 10 heteroatoms.